The highest BCUT2D eigenvalue weighted by molar-refractivity contribution is 6.02. The zero-order chi connectivity index (χ0) is 27.1. The number of nitrogens with zero attached hydrogens (tertiary/aromatic N) is 2. The third-order valence-electron chi connectivity index (χ3n) is 9.76. The van der Waals surface area contributed by atoms with Gasteiger partial charge in [-0.25, -0.2) is 0 Å². The standard InChI is InChI=1S/C37H37N2O/c1-3-21-40-37(33-17-19-38-35-16-10-9-15-32(33)35)36-23-27-18-20-39(36,24-26(27)4-2)25-34-30-13-7-5-11-28(30)22-29-12-6-8-14-31(29)34/h3-17,19,22,26-27,36-37H,1-2,18,20-21,23-25H2/q+1/t26-,27?,36?,37-,39+/m0/s1. The molecule has 2 unspecified atom stereocenters. The molecular weight excluding hydrogens is 488 g/mol. The third kappa shape index (κ3) is 4.16. The summed E-state index contributed by atoms with van der Waals surface area (Å²) in [5.41, 5.74) is 3.74. The van der Waals surface area contributed by atoms with Crippen LogP contribution < -0.4 is 0 Å². The molecule has 40 heavy (non-hydrogen) atoms. The van der Waals surface area contributed by atoms with Crippen molar-refractivity contribution >= 4 is 32.4 Å². The number of pyridine rings is 1. The molecule has 5 atom stereocenters. The van der Waals surface area contributed by atoms with Crippen molar-refractivity contribution in [3.8, 4) is 0 Å². The molecule has 2 bridgehead atoms. The molecule has 0 amide bonds. The second-order valence-electron chi connectivity index (χ2n) is 11.8. The fraction of sp³-hybridized carbons (Fsp3) is 0.270. The average Bonchev–Trinajstić information content (AvgIpc) is 3.01. The Labute approximate surface area is 237 Å². The van der Waals surface area contributed by atoms with Gasteiger partial charge in [0.1, 0.15) is 18.7 Å². The van der Waals surface area contributed by atoms with Gasteiger partial charge in [0.05, 0.1) is 25.2 Å². The molecule has 0 aliphatic carbocycles. The van der Waals surface area contributed by atoms with Crippen LogP contribution in [0.4, 0.5) is 0 Å². The van der Waals surface area contributed by atoms with E-state index in [4.69, 9.17) is 4.74 Å². The predicted octanol–water partition coefficient (Wildman–Crippen LogP) is 8.40. The highest BCUT2D eigenvalue weighted by atomic mass is 16.5. The molecule has 3 saturated heterocycles. The summed E-state index contributed by atoms with van der Waals surface area (Å²) in [4.78, 5) is 4.68. The molecular formula is C37H37N2O+. The summed E-state index contributed by atoms with van der Waals surface area (Å²) >= 11 is 0. The number of benzene rings is 4. The summed E-state index contributed by atoms with van der Waals surface area (Å²) in [6, 6.07) is 31.2. The van der Waals surface area contributed by atoms with Crippen LogP contribution in [0.2, 0.25) is 0 Å². The van der Waals surface area contributed by atoms with Crippen molar-refractivity contribution in [3.63, 3.8) is 0 Å². The third-order valence-corrected chi connectivity index (χ3v) is 9.76. The second kappa shape index (κ2) is 10.3. The molecule has 0 spiro atoms. The zero-order valence-corrected chi connectivity index (χ0v) is 23.1. The highest BCUT2D eigenvalue weighted by Gasteiger charge is 2.54. The predicted molar refractivity (Wildman–Crippen MR) is 166 cm³/mol. The number of aromatic nitrogens is 1. The molecule has 4 aromatic carbocycles. The molecule has 3 fully saturated rings. The first-order valence-corrected chi connectivity index (χ1v) is 14.6. The van der Waals surface area contributed by atoms with Gasteiger partial charge in [0.2, 0.25) is 0 Å². The normalized spacial score (nSPS) is 24.9. The van der Waals surface area contributed by atoms with Gasteiger partial charge < -0.3 is 9.22 Å². The smallest absolute Gasteiger partial charge is 0.135 e. The van der Waals surface area contributed by atoms with Gasteiger partial charge >= 0.3 is 0 Å². The van der Waals surface area contributed by atoms with Crippen LogP contribution >= 0.6 is 0 Å². The van der Waals surface area contributed by atoms with Gasteiger partial charge in [-0.3, -0.25) is 4.98 Å². The largest absolute Gasteiger partial charge is 0.363 e. The number of ether oxygens (including phenoxy) is 1. The molecule has 8 rings (SSSR count). The van der Waals surface area contributed by atoms with Crippen molar-refractivity contribution in [2.75, 3.05) is 19.7 Å². The Morgan fingerprint density at radius 1 is 0.900 bits per heavy atom. The van der Waals surface area contributed by atoms with E-state index in [1.807, 2.05) is 12.3 Å². The van der Waals surface area contributed by atoms with Gasteiger partial charge in [0.25, 0.3) is 0 Å². The summed E-state index contributed by atoms with van der Waals surface area (Å²) in [6.07, 6.45) is 8.41. The summed E-state index contributed by atoms with van der Waals surface area (Å²) in [5, 5.41) is 6.56. The summed E-state index contributed by atoms with van der Waals surface area (Å²) in [6.45, 7) is 12.1. The van der Waals surface area contributed by atoms with Gasteiger partial charge in [-0.2, -0.15) is 0 Å². The summed E-state index contributed by atoms with van der Waals surface area (Å²) in [7, 11) is 0. The van der Waals surface area contributed by atoms with E-state index in [9.17, 15) is 0 Å². The van der Waals surface area contributed by atoms with Gasteiger partial charge in [0, 0.05) is 35.9 Å². The van der Waals surface area contributed by atoms with Crippen LogP contribution in [0.15, 0.2) is 116 Å². The first-order valence-electron chi connectivity index (χ1n) is 14.6. The van der Waals surface area contributed by atoms with Crippen LogP contribution in [-0.4, -0.2) is 35.2 Å². The maximum atomic E-state index is 6.80. The Bertz CT molecular complexity index is 1670. The second-order valence-corrected chi connectivity index (χ2v) is 11.8. The first-order chi connectivity index (χ1) is 19.7. The SMILES string of the molecule is C=CCO[C@@H](c1ccnc2ccccc12)C1CC2CC[N@+]1(Cc1c3ccccc3cc3ccccc13)C[C@@H]2C=C. The van der Waals surface area contributed by atoms with Gasteiger partial charge in [-0.15, -0.1) is 13.2 Å². The van der Waals surface area contributed by atoms with E-state index in [0.717, 1.165) is 36.1 Å². The minimum atomic E-state index is -0.0410. The van der Waals surface area contributed by atoms with E-state index in [1.165, 1.54) is 44.5 Å². The minimum absolute atomic E-state index is 0.0410. The van der Waals surface area contributed by atoms with Crippen molar-refractivity contribution in [1.29, 1.82) is 0 Å². The van der Waals surface area contributed by atoms with E-state index in [1.54, 1.807) is 0 Å². The van der Waals surface area contributed by atoms with Crippen molar-refractivity contribution < 1.29 is 9.22 Å². The van der Waals surface area contributed by atoms with E-state index < -0.39 is 0 Å². The highest BCUT2D eigenvalue weighted by Crippen LogP contribution is 2.50. The maximum Gasteiger partial charge on any atom is 0.135 e. The van der Waals surface area contributed by atoms with Crippen LogP contribution in [0.1, 0.15) is 30.1 Å². The summed E-state index contributed by atoms with van der Waals surface area (Å²) in [5.74, 6) is 1.18. The molecule has 0 saturated carbocycles. The monoisotopic (exact) mass is 525 g/mol. The molecule has 200 valence electrons. The minimum Gasteiger partial charge on any atom is -0.363 e. The number of fused-ring (bicyclic) bond motifs is 6. The Balaban J connectivity index is 1.41. The molecule has 4 heterocycles. The van der Waals surface area contributed by atoms with Crippen LogP contribution in [0.5, 0.6) is 0 Å². The number of para-hydroxylation sites is 1. The Morgan fingerprint density at radius 2 is 1.60 bits per heavy atom. The van der Waals surface area contributed by atoms with Crippen LogP contribution in [0.25, 0.3) is 32.4 Å². The van der Waals surface area contributed by atoms with Crippen LogP contribution in [0.3, 0.4) is 0 Å². The van der Waals surface area contributed by atoms with E-state index in [2.05, 4.69) is 109 Å². The van der Waals surface area contributed by atoms with Gasteiger partial charge in [0.15, 0.2) is 0 Å². The van der Waals surface area contributed by atoms with Gasteiger partial charge in [-0.1, -0.05) is 78.9 Å². The molecule has 5 aromatic rings. The zero-order valence-electron chi connectivity index (χ0n) is 23.1. The van der Waals surface area contributed by atoms with Crippen molar-refractivity contribution in [2.24, 2.45) is 11.8 Å². The lowest BCUT2D eigenvalue weighted by Crippen LogP contribution is -2.67. The molecule has 0 N–H and O–H groups in total. The van der Waals surface area contributed by atoms with Gasteiger partial charge in [-0.05, 0) is 51.2 Å². The maximum absolute atomic E-state index is 6.80. The van der Waals surface area contributed by atoms with Crippen molar-refractivity contribution in [3.05, 3.63) is 128 Å². The van der Waals surface area contributed by atoms with Crippen molar-refractivity contribution in [1.82, 2.24) is 4.98 Å². The van der Waals surface area contributed by atoms with E-state index in [0.29, 0.717) is 24.5 Å². The molecule has 3 heteroatoms. The Kier molecular flexibility index (Phi) is 6.50. The molecule has 1 aromatic heterocycles. The molecule has 3 nitrogen and oxygen atoms in total. The quantitative estimate of drug-likeness (QED) is 0.115. The fourth-order valence-corrected chi connectivity index (χ4v) is 7.90. The van der Waals surface area contributed by atoms with E-state index >= 15 is 0 Å². The Morgan fingerprint density at radius 3 is 2.33 bits per heavy atom. The lowest BCUT2D eigenvalue weighted by molar-refractivity contribution is -0.984. The van der Waals surface area contributed by atoms with Crippen molar-refractivity contribution in [2.45, 2.75) is 31.5 Å². The average molecular weight is 526 g/mol. The number of hydrogen-bond donors (Lipinski definition) is 0. The first kappa shape index (κ1) is 25.2. The molecule has 0 radical (unpaired) electrons. The molecule has 3 aliphatic heterocycles. The van der Waals surface area contributed by atoms with Crippen LogP contribution in [-0.2, 0) is 11.3 Å². The molecule has 3 aliphatic rings. The summed E-state index contributed by atoms with van der Waals surface area (Å²) < 4.78 is 7.81. The number of quaternary nitrogens is 1. The topological polar surface area (TPSA) is 22.1 Å². The number of hydrogen-bond acceptors (Lipinski definition) is 2. The van der Waals surface area contributed by atoms with Crippen LogP contribution in [0, 0.1) is 11.8 Å². The Hall–Kier alpha value is -3.79. The number of piperidine rings is 3. The lowest BCUT2D eigenvalue weighted by atomic mass is 9.70. The number of rotatable bonds is 8. The lowest BCUT2D eigenvalue weighted by Gasteiger charge is -2.58. The fourth-order valence-electron chi connectivity index (χ4n) is 7.90. The van der Waals surface area contributed by atoms with E-state index in [-0.39, 0.29) is 6.10 Å².